The smallest absolute Gasteiger partial charge is 0.329 e. The SMILES string of the molecule is Cn1c(=O)n(C2CCC(=O)NC2=O)c2ccc(C#CC3CCN(C(=O)[C@@H]4CC[C@@H](NC(=O)[C@@H]5NC6(CCC(C)(C)CC6)[C@@]6(C(=O)Nc7cc(Cl)ccc76)[C@H]5c5cccc(Cl)c5F)CO4)CC3)cc21. The highest BCUT2D eigenvalue weighted by molar-refractivity contribution is 6.31. The standard InChI is InChI=1S/C51H54Cl2FN7O7/c1-49(2)19-21-50(22-20-49)51(33-12-10-30(52)26-35(33)56-47(51)66)41(32-5-4-6-34(53)42(32)54)43(58-50)45(64)55-31-11-15-39(68-27-31)46(65)60-23-17-28(18-24-60)7-8-29-9-13-36-38(25-29)59(3)48(67)61(36)37-14-16-40(62)57-44(37)63/h4-6,9-10,12-13,25-26,28,31,37,39,41,43,58H,11,14-24,27H2,1-3H3,(H,55,64)(H,56,66)(H,57,62,63)/t31-,37?,39+,41+,43-,51-/m1/s1. The van der Waals surface area contributed by atoms with Gasteiger partial charge in [-0.3, -0.25) is 43.7 Å². The highest BCUT2D eigenvalue weighted by atomic mass is 35.5. The van der Waals surface area contributed by atoms with Gasteiger partial charge in [-0.25, -0.2) is 9.18 Å². The van der Waals surface area contributed by atoms with Gasteiger partial charge in [-0.15, -0.1) is 0 Å². The number of imide groups is 1. The van der Waals surface area contributed by atoms with Gasteiger partial charge in [0, 0.05) is 60.2 Å². The lowest BCUT2D eigenvalue weighted by Crippen LogP contribution is -2.61. The first-order chi connectivity index (χ1) is 32.5. The van der Waals surface area contributed by atoms with Gasteiger partial charge < -0.3 is 20.3 Å². The van der Waals surface area contributed by atoms with Crippen molar-refractivity contribution in [3.8, 4) is 11.8 Å². The highest BCUT2D eigenvalue weighted by Crippen LogP contribution is 2.64. The predicted molar refractivity (Wildman–Crippen MR) is 254 cm³/mol. The van der Waals surface area contributed by atoms with Gasteiger partial charge in [0.2, 0.25) is 23.6 Å². The van der Waals surface area contributed by atoms with Gasteiger partial charge in [0.15, 0.2) is 0 Å². The molecule has 5 aliphatic heterocycles. The van der Waals surface area contributed by atoms with Crippen molar-refractivity contribution in [3.05, 3.63) is 97.6 Å². The second-order valence-corrected chi connectivity index (χ2v) is 21.1. The van der Waals surface area contributed by atoms with Crippen LogP contribution < -0.4 is 27.0 Å². The number of carbonyl (C=O) groups excluding carboxylic acids is 5. The summed E-state index contributed by atoms with van der Waals surface area (Å²) in [4.78, 5) is 82.8. The van der Waals surface area contributed by atoms with Crippen LogP contribution in [0.25, 0.3) is 11.0 Å². The summed E-state index contributed by atoms with van der Waals surface area (Å²) < 4.78 is 25.5. The van der Waals surface area contributed by atoms with E-state index in [1.807, 2.05) is 23.1 Å². The van der Waals surface area contributed by atoms with Crippen molar-refractivity contribution in [2.75, 3.05) is 25.0 Å². The number of hydrogen-bond acceptors (Lipinski definition) is 8. The van der Waals surface area contributed by atoms with E-state index >= 15 is 4.39 Å². The number of likely N-dealkylation sites (tertiary alicyclic amines) is 1. The number of nitrogens with one attached hydrogen (secondary N) is 4. The largest absolute Gasteiger partial charge is 0.366 e. The van der Waals surface area contributed by atoms with Gasteiger partial charge in [0.05, 0.1) is 34.7 Å². The molecule has 4 aromatic rings. The van der Waals surface area contributed by atoms with Crippen molar-refractivity contribution in [2.24, 2.45) is 18.4 Å². The average molecular weight is 967 g/mol. The number of anilines is 1. The summed E-state index contributed by atoms with van der Waals surface area (Å²) in [6, 6.07) is 13.2. The number of piperidine rings is 2. The molecule has 6 atom stereocenters. The van der Waals surface area contributed by atoms with E-state index < -0.39 is 52.8 Å². The molecule has 4 N–H and O–H groups in total. The number of halogens is 3. The minimum absolute atomic E-state index is 0.000353. The van der Waals surface area contributed by atoms with Crippen LogP contribution in [0, 0.1) is 29.0 Å². The molecule has 68 heavy (non-hydrogen) atoms. The molecule has 5 fully saturated rings. The molecule has 1 saturated carbocycles. The number of fused-ring (bicyclic) bond motifs is 4. The zero-order chi connectivity index (χ0) is 47.9. The minimum Gasteiger partial charge on any atom is -0.366 e. The van der Waals surface area contributed by atoms with Crippen LogP contribution >= 0.6 is 23.2 Å². The summed E-state index contributed by atoms with van der Waals surface area (Å²) >= 11 is 12.9. The number of aryl methyl sites for hydroxylation is 1. The third-order valence-corrected chi connectivity index (χ3v) is 16.3. The van der Waals surface area contributed by atoms with Crippen molar-refractivity contribution >= 4 is 69.5 Å². The number of benzene rings is 3. The Balaban J connectivity index is 0.800. The van der Waals surface area contributed by atoms with Crippen molar-refractivity contribution in [1.82, 2.24) is 30.0 Å². The van der Waals surface area contributed by atoms with Gasteiger partial charge in [-0.2, -0.15) is 0 Å². The van der Waals surface area contributed by atoms with Crippen molar-refractivity contribution < 1.29 is 33.1 Å². The third kappa shape index (κ3) is 7.72. The molecule has 10 rings (SSSR count). The van der Waals surface area contributed by atoms with Crippen LogP contribution in [-0.4, -0.2) is 87.0 Å². The first-order valence-electron chi connectivity index (χ1n) is 23.6. The second kappa shape index (κ2) is 17.5. The Morgan fingerprint density at radius 2 is 1.66 bits per heavy atom. The number of rotatable bonds is 5. The molecule has 1 unspecified atom stereocenters. The molecule has 4 saturated heterocycles. The molecule has 6 aliphatic rings. The lowest BCUT2D eigenvalue weighted by atomic mass is 9.53. The van der Waals surface area contributed by atoms with Crippen LogP contribution in [0.2, 0.25) is 10.0 Å². The van der Waals surface area contributed by atoms with E-state index in [-0.39, 0.29) is 70.7 Å². The van der Waals surface area contributed by atoms with E-state index in [0.29, 0.717) is 78.9 Å². The van der Waals surface area contributed by atoms with E-state index in [0.717, 1.165) is 18.4 Å². The molecule has 14 nitrogen and oxygen atoms in total. The number of amides is 5. The number of aromatic nitrogens is 2. The van der Waals surface area contributed by atoms with Gasteiger partial charge >= 0.3 is 5.69 Å². The van der Waals surface area contributed by atoms with Crippen LogP contribution in [0.1, 0.15) is 107 Å². The van der Waals surface area contributed by atoms with Crippen LogP contribution in [0.15, 0.2) is 59.4 Å². The summed E-state index contributed by atoms with van der Waals surface area (Å²) in [5.41, 5.74) is 0.715. The lowest BCUT2D eigenvalue weighted by molar-refractivity contribution is -0.149. The maximum Gasteiger partial charge on any atom is 0.329 e. The Bertz CT molecular complexity index is 2900. The van der Waals surface area contributed by atoms with E-state index in [9.17, 15) is 28.8 Å². The average Bonchev–Trinajstić information content (AvgIpc) is 3.88. The van der Waals surface area contributed by atoms with Crippen LogP contribution in [0.5, 0.6) is 0 Å². The van der Waals surface area contributed by atoms with Crippen LogP contribution in [0.4, 0.5) is 10.1 Å². The Kier molecular flexibility index (Phi) is 11.9. The van der Waals surface area contributed by atoms with E-state index in [4.69, 9.17) is 27.9 Å². The maximum atomic E-state index is 16.4. The maximum absolute atomic E-state index is 16.4. The van der Waals surface area contributed by atoms with E-state index in [2.05, 4.69) is 47.0 Å². The van der Waals surface area contributed by atoms with E-state index in [1.54, 1.807) is 37.4 Å². The summed E-state index contributed by atoms with van der Waals surface area (Å²) in [7, 11) is 1.65. The van der Waals surface area contributed by atoms with Gasteiger partial charge in [-0.05, 0) is 111 Å². The van der Waals surface area contributed by atoms with Crippen LogP contribution in [-0.2, 0) is 41.2 Å². The molecule has 5 amide bonds. The molecule has 6 heterocycles. The zero-order valence-corrected chi connectivity index (χ0v) is 39.7. The molecule has 1 aromatic heterocycles. The molecule has 17 heteroatoms. The molecule has 2 spiro atoms. The van der Waals surface area contributed by atoms with Crippen LogP contribution in [0.3, 0.4) is 0 Å². The Morgan fingerprint density at radius 3 is 2.38 bits per heavy atom. The summed E-state index contributed by atoms with van der Waals surface area (Å²) in [5.74, 6) is 3.37. The molecule has 356 valence electrons. The Morgan fingerprint density at radius 1 is 0.897 bits per heavy atom. The Hall–Kier alpha value is -5.53. The van der Waals surface area contributed by atoms with Crippen molar-refractivity contribution in [1.29, 1.82) is 0 Å². The topological polar surface area (TPSA) is 173 Å². The first-order valence-corrected chi connectivity index (χ1v) is 24.4. The number of ether oxygens (including phenoxy) is 1. The number of carbonyl (C=O) groups is 5. The second-order valence-electron chi connectivity index (χ2n) is 20.3. The van der Waals surface area contributed by atoms with E-state index in [1.165, 1.54) is 15.2 Å². The fourth-order valence-corrected chi connectivity index (χ4v) is 12.4. The minimum atomic E-state index is -1.37. The number of nitrogens with zero attached hydrogens (tertiary/aromatic N) is 3. The molecule has 0 bridgehead atoms. The van der Waals surface area contributed by atoms with Gasteiger partial charge in [0.25, 0.3) is 5.91 Å². The zero-order valence-electron chi connectivity index (χ0n) is 38.2. The first kappa shape index (κ1) is 46.2. The fraction of sp³-hybridized carbons (Fsp3) is 0.490. The summed E-state index contributed by atoms with van der Waals surface area (Å²) in [6.07, 6.45) is 4.67. The summed E-state index contributed by atoms with van der Waals surface area (Å²) in [5, 5.41) is 12.6. The predicted octanol–water partition coefficient (Wildman–Crippen LogP) is 6.00. The fourth-order valence-electron chi connectivity index (χ4n) is 12.1. The lowest BCUT2D eigenvalue weighted by Gasteiger charge is -2.50. The number of imidazole rings is 1. The quantitative estimate of drug-likeness (QED) is 0.139. The molecule has 0 radical (unpaired) electrons. The summed E-state index contributed by atoms with van der Waals surface area (Å²) in [6.45, 7) is 5.53. The molecule has 3 aromatic carbocycles. The monoisotopic (exact) mass is 965 g/mol. The Labute approximate surface area is 403 Å². The number of hydrogen-bond donors (Lipinski definition) is 4. The molecular formula is C51H54Cl2FN7O7. The third-order valence-electron chi connectivity index (χ3n) is 15.8. The van der Waals surface area contributed by atoms with Crippen molar-refractivity contribution in [2.45, 2.75) is 119 Å². The van der Waals surface area contributed by atoms with Gasteiger partial charge in [0.1, 0.15) is 23.4 Å². The van der Waals surface area contributed by atoms with Crippen molar-refractivity contribution in [3.63, 3.8) is 0 Å². The molecular weight excluding hydrogens is 913 g/mol. The highest BCUT2D eigenvalue weighted by Gasteiger charge is 2.73. The normalized spacial score (nSPS) is 27.7. The molecule has 1 aliphatic carbocycles. The van der Waals surface area contributed by atoms with Gasteiger partial charge in [-0.1, -0.05) is 67.1 Å².